The summed E-state index contributed by atoms with van der Waals surface area (Å²) in [6.07, 6.45) is 0.118. The highest BCUT2D eigenvalue weighted by molar-refractivity contribution is 5.92. The van der Waals surface area contributed by atoms with Crippen LogP contribution in [0, 0.1) is 0 Å². The Bertz CT molecular complexity index is 489. The van der Waals surface area contributed by atoms with Crippen molar-refractivity contribution in [1.29, 1.82) is 0 Å². The fourth-order valence-electron chi connectivity index (χ4n) is 1.86. The molecule has 1 aliphatic rings. The molecule has 1 aromatic heterocycles. The maximum absolute atomic E-state index is 12.0. The van der Waals surface area contributed by atoms with Crippen molar-refractivity contribution in [3.63, 3.8) is 0 Å². The molecule has 19 heavy (non-hydrogen) atoms. The third-order valence-corrected chi connectivity index (χ3v) is 2.83. The molecule has 0 saturated carbocycles. The van der Waals surface area contributed by atoms with Crippen molar-refractivity contribution in [2.24, 2.45) is 10.7 Å². The summed E-state index contributed by atoms with van der Waals surface area (Å²) in [6, 6.07) is 3.26. The Kier molecular flexibility index (Phi) is 3.69. The van der Waals surface area contributed by atoms with Gasteiger partial charge >= 0.3 is 6.09 Å². The molecular formula is C11H14N4O4. The van der Waals surface area contributed by atoms with Gasteiger partial charge < -0.3 is 25.1 Å². The standard InChI is InChI=1S/C11H14N4O4/c12-10(13-11(17)18)15-5-3-14(4-6-15)9(16)8-2-1-7-19-8/h1-2,7H,3-6H2,(H2,12,13)(H,17,18). The summed E-state index contributed by atoms with van der Waals surface area (Å²) < 4.78 is 5.04. The van der Waals surface area contributed by atoms with Gasteiger partial charge in [0.05, 0.1) is 6.26 Å². The van der Waals surface area contributed by atoms with E-state index in [4.69, 9.17) is 15.3 Å². The average molecular weight is 266 g/mol. The molecule has 0 spiro atoms. The molecule has 0 aliphatic carbocycles. The molecule has 2 rings (SSSR count). The zero-order valence-electron chi connectivity index (χ0n) is 10.2. The second-order valence-electron chi connectivity index (χ2n) is 4.01. The summed E-state index contributed by atoms with van der Waals surface area (Å²) in [7, 11) is 0. The van der Waals surface area contributed by atoms with E-state index in [1.807, 2.05) is 0 Å². The number of aliphatic imine (C=N–C) groups is 1. The normalized spacial score (nSPS) is 16.5. The fourth-order valence-corrected chi connectivity index (χ4v) is 1.86. The van der Waals surface area contributed by atoms with Gasteiger partial charge in [0.2, 0.25) is 5.96 Å². The molecule has 0 aromatic carbocycles. The van der Waals surface area contributed by atoms with Crippen LogP contribution in [0.25, 0.3) is 0 Å². The lowest BCUT2D eigenvalue weighted by atomic mass is 10.3. The minimum atomic E-state index is -1.33. The molecule has 0 radical (unpaired) electrons. The number of carboxylic acid groups (broad SMARTS) is 1. The molecule has 0 bridgehead atoms. The Morgan fingerprint density at radius 3 is 2.42 bits per heavy atom. The first kappa shape index (κ1) is 12.9. The van der Waals surface area contributed by atoms with Crippen LogP contribution in [-0.2, 0) is 0 Å². The molecule has 3 N–H and O–H groups in total. The maximum Gasteiger partial charge on any atom is 0.434 e. The fraction of sp³-hybridized carbons (Fsp3) is 0.364. The van der Waals surface area contributed by atoms with E-state index in [1.54, 1.807) is 21.9 Å². The third kappa shape index (κ3) is 3.03. The number of rotatable bonds is 1. The molecule has 0 atom stereocenters. The number of carbonyl (C=O) groups is 2. The van der Waals surface area contributed by atoms with Crippen molar-refractivity contribution in [3.05, 3.63) is 24.2 Å². The van der Waals surface area contributed by atoms with E-state index in [1.165, 1.54) is 6.26 Å². The van der Waals surface area contributed by atoms with Gasteiger partial charge in [-0.2, -0.15) is 0 Å². The Hall–Kier alpha value is -2.51. The van der Waals surface area contributed by atoms with Crippen molar-refractivity contribution in [2.75, 3.05) is 26.2 Å². The van der Waals surface area contributed by atoms with E-state index >= 15 is 0 Å². The molecular weight excluding hydrogens is 252 g/mol. The van der Waals surface area contributed by atoms with Crippen molar-refractivity contribution in [2.45, 2.75) is 0 Å². The summed E-state index contributed by atoms with van der Waals surface area (Å²) in [5.41, 5.74) is 5.54. The molecule has 2 heterocycles. The number of nitrogens with two attached hydrogens (primary N) is 1. The molecule has 1 aliphatic heterocycles. The van der Waals surface area contributed by atoms with Crippen LogP contribution in [-0.4, -0.2) is 59.0 Å². The first-order chi connectivity index (χ1) is 9.08. The topological polar surface area (TPSA) is 112 Å². The van der Waals surface area contributed by atoms with Gasteiger partial charge in [-0.15, -0.1) is 4.99 Å². The molecule has 8 heteroatoms. The summed E-state index contributed by atoms with van der Waals surface area (Å²) in [6.45, 7) is 1.76. The van der Waals surface area contributed by atoms with E-state index < -0.39 is 6.09 Å². The number of furan rings is 1. The average Bonchev–Trinajstić information content (AvgIpc) is 2.91. The van der Waals surface area contributed by atoms with E-state index in [-0.39, 0.29) is 11.9 Å². The number of nitrogens with zero attached hydrogens (tertiary/aromatic N) is 3. The molecule has 0 unspecified atom stereocenters. The lowest BCUT2D eigenvalue weighted by Crippen LogP contribution is -2.52. The monoisotopic (exact) mass is 266 g/mol. The maximum atomic E-state index is 12.0. The summed E-state index contributed by atoms with van der Waals surface area (Å²) in [5, 5.41) is 8.51. The molecule has 8 nitrogen and oxygen atoms in total. The van der Waals surface area contributed by atoms with E-state index in [9.17, 15) is 9.59 Å². The Balaban J connectivity index is 1.93. The predicted octanol–water partition coefficient (Wildman–Crippen LogP) is 0.0301. The molecule has 1 aromatic rings. The number of hydrogen-bond donors (Lipinski definition) is 2. The van der Waals surface area contributed by atoms with Crippen LogP contribution < -0.4 is 5.73 Å². The van der Waals surface area contributed by atoms with Gasteiger partial charge in [0, 0.05) is 26.2 Å². The molecule has 2 amide bonds. The second-order valence-corrected chi connectivity index (χ2v) is 4.01. The van der Waals surface area contributed by atoms with Gasteiger partial charge in [-0.1, -0.05) is 0 Å². The zero-order chi connectivity index (χ0) is 13.8. The molecule has 1 fully saturated rings. The lowest BCUT2D eigenvalue weighted by Gasteiger charge is -2.34. The Morgan fingerprint density at radius 2 is 1.89 bits per heavy atom. The highest BCUT2D eigenvalue weighted by Gasteiger charge is 2.24. The van der Waals surface area contributed by atoms with Crippen molar-refractivity contribution >= 4 is 18.0 Å². The number of carbonyl (C=O) groups excluding carboxylic acids is 1. The van der Waals surface area contributed by atoms with Crippen molar-refractivity contribution in [3.8, 4) is 0 Å². The minimum Gasteiger partial charge on any atom is -0.463 e. The van der Waals surface area contributed by atoms with Crippen molar-refractivity contribution < 1.29 is 19.1 Å². The van der Waals surface area contributed by atoms with Crippen LogP contribution in [0.5, 0.6) is 0 Å². The van der Waals surface area contributed by atoms with E-state index in [0.29, 0.717) is 31.9 Å². The SMILES string of the molecule is N/C(=N\C(=O)O)N1CCN(C(=O)c2ccco2)CC1. The second kappa shape index (κ2) is 5.42. The van der Waals surface area contributed by atoms with Crippen LogP contribution in [0.4, 0.5) is 4.79 Å². The Morgan fingerprint density at radius 1 is 1.26 bits per heavy atom. The van der Waals surface area contributed by atoms with Crippen LogP contribution in [0.1, 0.15) is 10.6 Å². The van der Waals surface area contributed by atoms with Gasteiger partial charge in [0.25, 0.3) is 5.91 Å². The summed E-state index contributed by atoms with van der Waals surface area (Å²) in [5.74, 6) is 0.0663. The van der Waals surface area contributed by atoms with Crippen LogP contribution >= 0.6 is 0 Å². The minimum absolute atomic E-state index is 0.0439. The van der Waals surface area contributed by atoms with Gasteiger partial charge in [-0.25, -0.2) is 4.79 Å². The number of guanidine groups is 1. The lowest BCUT2D eigenvalue weighted by molar-refractivity contribution is 0.0658. The first-order valence-electron chi connectivity index (χ1n) is 5.73. The van der Waals surface area contributed by atoms with Crippen molar-refractivity contribution in [1.82, 2.24) is 9.80 Å². The number of amides is 2. The smallest absolute Gasteiger partial charge is 0.434 e. The molecule has 1 saturated heterocycles. The quantitative estimate of drug-likeness (QED) is 0.547. The van der Waals surface area contributed by atoms with Crippen LogP contribution in [0.3, 0.4) is 0 Å². The summed E-state index contributed by atoms with van der Waals surface area (Å²) in [4.78, 5) is 28.9. The van der Waals surface area contributed by atoms with Gasteiger partial charge in [-0.05, 0) is 12.1 Å². The third-order valence-electron chi connectivity index (χ3n) is 2.83. The van der Waals surface area contributed by atoms with E-state index in [0.717, 1.165) is 0 Å². The van der Waals surface area contributed by atoms with Crippen LogP contribution in [0.15, 0.2) is 27.8 Å². The Labute approximate surface area is 109 Å². The number of piperazine rings is 1. The van der Waals surface area contributed by atoms with Gasteiger partial charge in [0.1, 0.15) is 0 Å². The highest BCUT2D eigenvalue weighted by atomic mass is 16.4. The highest BCUT2D eigenvalue weighted by Crippen LogP contribution is 2.09. The van der Waals surface area contributed by atoms with Gasteiger partial charge in [-0.3, -0.25) is 4.79 Å². The van der Waals surface area contributed by atoms with E-state index in [2.05, 4.69) is 4.99 Å². The van der Waals surface area contributed by atoms with Gasteiger partial charge in [0.15, 0.2) is 5.76 Å². The first-order valence-corrected chi connectivity index (χ1v) is 5.73. The largest absolute Gasteiger partial charge is 0.463 e. The summed E-state index contributed by atoms with van der Waals surface area (Å²) >= 11 is 0. The predicted molar refractivity (Wildman–Crippen MR) is 65.8 cm³/mol. The number of hydrogen-bond acceptors (Lipinski definition) is 3. The zero-order valence-corrected chi connectivity index (χ0v) is 10.2. The van der Waals surface area contributed by atoms with Crippen LogP contribution in [0.2, 0.25) is 0 Å². The molecule has 102 valence electrons.